The van der Waals surface area contributed by atoms with Crippen molar-refractivity contribution in [2.24, 2.45) is 0 Å². The molecule has 3 aromatic rings. The Morgan fingerprint density at radius 1 is 0.667 bits per heavy atom. The molecule has 3 heterocycles. The van der Waals surface area contributed by atoms with Crippen molar-refractivity contribution in [1.29, 1.82) is 0 Å². The van der Waals surface area contributed by atoms with E-state index in [0.29, 0.717) is 0 Å². The molecule has 0 amide bonds. The summed E-state index contributed by atoms with van der Waals surface area (Å²) in [6, 6.07) is 15.3. The molecule has 27 heavy (non-hydrogen) atoms. The molecule has 0 aromatic carbocycles. The highest BCUT2D eigenvalue weighted by molar-refractivity contribution is 5.44. The predicted molar refractivity (Wildman–Crippen MR) is 120 cm³/mol. The molecule has 3 rings (SSSR count). The van der Waals surface area contributed by atoms with Gasteiger partial charge in [0.05, 0.1) is 5.69 Å². The molecule has 0 aliphatic rings. The van der Waals surface area contributed by atoms with Crippen LogP contribution in [0.15, 0.2) is 105 Å². The van der Waals surface area contributed by atoms with E-state index in [9.17, 15) is 0 Å². The lowest BCUT2D eigenvalue weighted by Crippen LogP contribution is -1.73. The first-order valence-electron chi connectivity index (χ1n) is 8.76. The molecule has 0 spiro atoms. The standard InChI is InChI=1S/2C7H7N.C5H5N.C3H6.C2H6/c1-2-7-3-5-8-6-4-7;1-2-7-5-3-4-6-8-7;1-2-4-6-5-3-1;1-3-2;1-2/h2*2-6H,1H2;1-5H;3H,1H2,2H3;1-2H3. The van der Waals surface area contributed by atoms with Crippen LogP contribution in [0.3, 0.4) is 0 Å². The van der Waals surface area contributed by atoms with Gasteiger partial charge in [-0.05, 0) is 55.0 Å². The van der Waals surface area contributed by atoms with Gasteiger partial charge in [-0.15, -0.1) is 6.58 Å². The minimum absolute atomic E-state index is 0.924. The van der Waals surface area contributed by atoms with E-state index in [1.807, 2.05) is 69.3 Å². The second-order valence-electron chi connectivity index (χ2n) is 4.38. The van der Waals surface area contributed by atoms with E-state index in [2.05, 4.69) is 34.7 Å². The van der Waals surface area contributed by atoms with Crippen molar-refractivity contribution >= 4 is 12.2 Å². The molecule has 0 unspecified atom stereocenters. The summed E-state index contributed by atoms with van der Waals surface area (Å²) in [5.74, 6) is 0. The average molecular weight is 362 g/mol. The normalized spacial score (nSPS) is 7.52. The third-order valence-corrected chi connectivity index (χ3v) is 2.41. The number of hydrogen-bond acceptors (Lipinski definition) is 3. The van der Waals surface area contributed by atoms with Gasteiger partial charge in [0.25, 0.3) is 0 Å². The minimum Gasteiger partial charge on any atom is -0.265 e. The van der Waals surface area contributed by atoms with E-state index >= 15 is 0 Å². The quantitative estimate of drug-likeness (QED) is 0.474. The van der Waals surface area contributed by atoms with Crippen molar-refractivity contribution in [1.82, 2.24) is 15.0 Å². The smallest absolute Gasteiger partial charge is 0.0623 e. The first kappa shape index (κ1) is 25.9. The van der Waals surface area contributed by atoms with Crippen molar-refractivity contribution in [2.75, 3.05) is 0 Å². The van der Waals surface area contributed by atoms with Gasteiger partial charge in [0.2, 0.25) is 0 Å². The van der Waals surface area contributed by atoms with Crippen LogP contribution in [0.4, 0.5) is 0 Å². The van der Waals surface area contributed by atoms with Crippen LogP contribution in [0.5, 0.6) is 0 Å². The van der Waals surface area contributed by atoms with Gasteiger partial charge < -0.3 is 0 Å². The molecular formula is C24H31N3. The summed E-state index contributed by atoms with van der Waals surface area (Å²) in [5, 5.41) is 0. The maximum atomic E-state index is 3.98. The van der Waals surface area contributed by atoms with Crippen molar-refractivity contribution in [3.63, 3.8) is 0 Å². The van der Waals surface area contributed by atoms with Crippen LogP contribution in [-0.4, -0.2) is 15.0 Å². The maximum absolute atomic E-state index is 3.98. The van der Waals surface area contributed by atoms with Crippen LogP contribution in [0.2, 0.25) is 0 Å². The summed E-state index contributed by atoms with van der Waals surface area (Å²) in [5.41, 5.74) is 2.03. The third kappa shape index (κ3) is 18.8. The molecule has 0 radical (unpaired) electrons. The van der Waals surface area contributed by atoms with Crippen molar-refractivity contribution in [3.05, 3.63) is 117 Å². The summed E-state index contributed by atoms with van der Waals surface area (Å²) in [7, 11) is 0. The van der Waals surface area contributed by atoms with Crippen LogP contribution in [0, 0.1) is 0 Å². The minimum atomic E-state index is 0.924. The van der Waals surface area contributed by atoms with Crippen LogP contribution in [0.1, 0.15) is 32.0 Å². The molecule has 0 fully saturated rings. The molecule has 3 nitrogen and oxygen atoms in total. The average Bonchev–Trinajstić information content (AvgIpc) is 2.79. The largest absolute Gasteiger partial charge is 0.265 e. The molecule has 142 valence electrons. The zero-order chi connectivity index (χ0) is 20.6. The van der Waals surface area contributed by atoms with Crippen molar-refractivity contribution in [2.45, 2.75) is 20.8 Å². The van der Waals surface area contributed by atoms with Gasteiger partial charge in [-0.2, -0.15) is 0 Å². The summed E-state index contributed by atoms with van der Waals surface area (Å²) in [4.78, 5) is 11.6. The fourth-order valence-electron chi connectivity index (χ4n) is 1.31. The molecule has 0 aliphatic heterocycles. The predicted octanol–water partition coefficient (Wildman–Crippen LogP) is 6.75. The molecule has 0 saturated heterocycles. The Bertz CT molecular complexity index is 596. The number of allylic oxidation sites excluding steroid dienone is 1. The molecule has 0 saturated carbocycles. The Morgan fingerprint density at radius 2 is 1.19 bits per heavy atom. The van der Waals surface area contributed by atoms with E-state index in [-0.39, 0.29) is 0 Å². The summed E-state index contributed by atoms with van der Waals surface area (Å²) >= 11 is 0. The number of pyridine rings is 3. The highest BCUT2D eigenvalue weighted by atomic mass is 14.6. The molecule has 0 aliphatic carbocycles. The van der Waals surface area contributed by atoms with Gasteiger partial charge in [-0.1, -0.05) is 51.3 Å². The first-order valence-corrected chi connectivity index (χ1v) is 8.76. The van der Waals surface area contributed by atoms with E-state index in [1.165, 1.54) is 0 Å². The Balaban J connectivity index is 0. The van der Waals surface area contributed by atoms with Gasteiger partial charge in [0.15, 0.2) is 0 Å². The van der Waals surface area contributed by atoms with Gasteiger partial charge in [-0.3, -0.25) is 15.0 Å². The Hall–Kier alpha value is -3.33. The number of hydrogen-bond donors (Lipinski definition) is 0. The molecule has 3 heteroatoms. The third-order valence-electron chi connectivity index (χ3n) is 2.41. The lowest BCUT2D eigenvalue weighted by Gasteiger charge is -1.84. The monoisotopic (exact) mass is 361 g/mol. The zero-order valence-electron chi connectivity index (χ0n) is 16.7. The first-order chi connectivity index (χ1) is 13.3. The fourth-order valence-corrected chi connectivity index (χ4v) is 1.31. The van der Waals surface area contributed by atoms with Gasteiger partial charge in [-0.25, -0.2) is 0 Å². The molecule has 3 aromatic heterocycles. The van der Waals surface area contributed by atoms with E-state index in [0.717, 1.165) is 11.3 Å². The molecular weight excluding hydrogens is 330 g/mol. The second kappa shape index (κ2) is 22.7. The number of nitrogens with zero attached hydrogens (tertiary/aromatic N) is 3. The Morgan fingerprint density at radius 3 is 1.44 bits per heavy atom. The zero-order valence-corrected chi connectivity index (χ0v) is 16.7. The molecule has 0 atom stereocenters. The van der Waals surface area contributed by atoms with E-state index in [1.54, 1.807) is 49.2 Å². The highest BCUT2D eigenvalue weighted by Gasteiger charge is 1.77. The van der Waals surface area contributed by atoms with Crippen LogP contribution in [-0.2, 0) is 0 Å². The maximum Gasteiger partial charge on any atom is 0.0623 e. The summed E-state index contributed by atoms with van der Waals surface area (Å²) < 4.78 is 0. The summed E-state index contributed by atoms with van der Waals surface area (Å²) in [6.07, 6.45) is 14.0. The van der Waals surface area contributed by atoms with Crippen LogP contribution in [0.25, 0.3) is 12.2 Å². The topological polar surface area (TPSA) is 38.7 Å². The Labute approximate surface area is 164 Å². The lowest BCUT2D eigenvalue weighted by molar-refractivity contribution is 1.30. The van der Waals surface area contributed by atoms with Crippen LogP contribution >= 0.6 is 0 Å². The SMILES string of the molecule is C=CC.C=Cc1ccccn1.C=Cc1ccncc1.CC.c1ccncc1. The van der Waals surface area contributed by atoms with Gasteiger partial charge >= 0.3 is 0 Å². The van der Waals surface area contributed by atoms with Crippen LogP contribution < -0.4 is 0 Å². The molecule has 0 bridgehead atoms. The Kier molecular flexibility index (Phi) is 21.8. The van der Waals surface area contributed by atoms with Crippen molar-refractivity contribution < 1.29 is 0 Å². The lowest BCUT2D eigenvalue weighted by atomic mass is 10.3. The molecule has 0 N–H and O–H groups in total. The second-order valence-corrected chi connectivity index (χ2v) is 4.38. The van der Waals surface area contributed by atoms with E-state index < -0.39 is 0 Å². The van der Waals surface area contributed by atoms with Crippen molar-refractivity contribution in [3.8, 4) is 0 Å². The van der Waals surface area contributed by atoms with Gasteiger partial charge in [0, 0.05) is 31.0 Å². The van der Waals surface area contributed by atoms with E-state index in [4.69, 9.17) is 0 Å². The fraction of sp³-hybridized carbons (Fsp3) is 0.125. The number of rotatable bonds is 2. The highest BCUT2D eigenvalue weighted by Crippen LogP contribution is 1.95. The summed E-state index contributed by atoms with van der Waals surface area (Å²) in [6.45, 7) is 16.4. The number of aromatic nitrogens is 3. The van der Waals surface area contributed by atoms with Gasteiger partial charge in [0.1, 0.15) is 0 Å².